The molecule has 0 aliphatic heterocycles. The lowest BCUT2D eigenvalue weighted by Gasteiger charge is -2.01. The smallest absolute Gasteiger partial charge is 0.0296 e. The van der Waals surface area contributed by atoms with Crippen molar-refractivity contribution in [3.8, 4) is 0 Å². The topological polar surface area (TPSA) is 15.6 Å². The molecule has 0 heterocycles. The van der Waals surface area contributed by atoms with Gasteiger partial charge in [0.05, 0.1) is 0 Å². The lowest BCUT2D eigenvalue weighted by molar-refractivity contribution is 0.493. The van der Waals surface area contributed by atoms with Gasteiger partial charge < -0.3 is 0 Å². The van der Waals surface area contributed by atoms with Gasteiger partial charge in [-0.05, 0) is 6.42 Å². The molecule has 0 aromatic heterocycles. The molecule has 0 radical (unpaired) electrons. The molecule has 0 aromatic rings. The maximum absolute atomic E-state index is 3.62. The fraction of sp³-hybridized carbons (Fsp3) is 0.500. The predicted molar refractivity (Wildman–Crippen MR) is 36.7 cm³/mol. The molecule has 0 N–H and O–H groups in total. The molecule has 0 aliphatic rings. The zero-order valence-electron chi connectivity index (χ0n) is 5.46. The Morgan fingerprint density at radius 1 is 1.75 bits per heavy atom. The van der Waals surface area contributed by atoms with Gasteiger partial charge in [-0.1, -0.05) is 13.0 Å². The molecule has 0 fully saturated rings. The molecule has 0 saturated heterocycles. The van der Waals surface area contributed by atoms with Gasteiger partial charge in [-0.25, -0.2) is 0 Å². The highest BCUT2D eigenvalue weighted by atomic mass is 15.4. The summed E-state index contributed by atoms with van der Waals surface area (Å²) < 4.78 is 0. The molecule has 0 atom stereocenters. The average molecular weight is 112 g/mol. The summed E-state index contributed by atoms with van der Waals surface area (Å²) in [4.78, 5) is 0. The summed E-state index contributed by atoms with van der Waals surface area (Å²) >= 11 is 0. The third-order valence-electron chi connectivity index (χ3n) is 0.780. The molecular formula is C6H12N2. The Morgan fingerprint density at radius 3 is 2.75 bits per heavy atom. The third-order valence-corrected chi connectivity index (χ3v) is 0.780. The van der Waals surface area contributed by atoms with Crippen LogP contribution in [0.3, 0.4) is 0 Å². The molecule has 0 unspecified atom stereocenters. The first-order chi connectivity index (χ1) is 3.81. The second-order valence-electron chi connectivity index (χ2n) is 1.51. The molecule has 0 aromatic carbocycles. The molecule has 8 heavy (non-hydrogen) atoms. The highest BCUT2D eigenvalue weighted by Crippen LogP contribution is 1.84. The molecule has 46 valence electrons. The van der Waals surface area contributed by atoms with Crippen LogP contribution in [-0.4, -0.2) is 18.8 Å². The molecule has 0 amide bonds. The van der Waals surface area contributed by atoms with Crippen molar-refractivity contribution in [1.82, 2.24) is 5.01 Å². The standard InChI is InChI=1S/C6H12N2/c1-4-5-6-8(3)7-2/h5-6H,2,4H2,1,3H3/b6-5-. The molecule has 0 bridgehead atoms. The van der Waals surface area contributed by atoms with Gasteiger partial charge >= 0.3 is 0 Å². The summed E-state index contributed by atoms with van der Waals surface area (Å²) in [6.45, 7) is 5.42. The third kappa shape index (κ3) is 3.40. The fourth-order valence-corrected chi connectivity index (χ4v) is 0.305. The first kappa shape index (κ1) is 7.21. The zero-order valence-corrected chi connectivity index (χ0v) is 5.46. The normalized spacial score (nSPS) is 9.75. The van der Waals surface area contributed by atoms with Gasteiger partial charge in [0, 0.05) is 20.0 Å². The Labute approximate surface area is 50.5 Å². The van der Waals surface area contributed by atoms with Gasteiger partial charge in [0.25, 0.3) is 0 Å². The zero-order chi connectivity index (χ0) is 6.41. The van der Waals surface area contributed by atoms with Crippen molar-refractivity contribution in [3.63, 3.8) is 0 Å². The maximum Gasteiger partial charge on any atom is 0.0296 e. The van der Waals surface area contributed by atoms with Crippen LogP contribution in [0, 0.1) is 0 Å². The van der Waals surface area contributed by atoms with Crippen LogP contribution in [0.4, 0.5) is 0 Å². The van der Waals surface area contributed by atoms with Gasteiger partial charge in [-0.15, -0.1) is 0 Å². The Bertz CT molecular complexity index is 86.5. The van der Waals surface area contributed by atoms with Gasteiger partial charge in [0.2, 0.25) is 0 Å². The van der Waals surface area contributed by atoms with E-state index in [1.807, 2.05) is 19.3 Å². The lowest BCUT2D eigenvalue weighted by Crippen LogP contribution is -1.97. The minimum atomic E-state index is 1.04. The van der Waals surface area contributed by atoms with Gasteiger partial charge in [0.15, 0.2) is 0 Å². The average Bonchev–Trinajstić information content (AvgIpc) is 1.83. The summed E-state index contributed by atoms with van der Waals surface area (Å²) in [7, 11) is 1.85. The molecule has 2 nitrogen and oxygen atoms in total. The van der Waals surface area contributed by atoms with Crippen LogP contribution in [-0.2, 0) is 0 Å². The first-order valence-corrected chi connectivity index (χ1v) is 2.67. The number of hydrogen-bond donors (Lipinski definition) is 0. The van der Waals surface area contributed by atoms with Gasteiger partial charge in [-0.3, -0.25) is 5.01 Å². The van der Waals surface area contributed by atoms with Crippen LogP contribution >= 0.6 is 0 Å². The molecule has 0 rings (SSSR count). The first-order valence-electron chi connectivity index (χ1n) is 2.67. The summed E-state index contributed by atoms with van der Waals surface area (Å²) in [5, 5.41) is 5.29. The second-order valence-corrected chi connectivity index (χ2v) is 1.51. The van der Waals surface area contributed by atoms with E-state index in [9.17, 15) is 0 Å². The van der Waals surface area contributed by atoms with Gasteiger partial charge in [-0.2, -0.15) is 5.10 Å². The van der Waals surface area contributed by atoms with Crippen LogP contribution in [0.25, 0.3) is 0 Å². The summed E-state index contributed by atoms with van der Waals surface area (Å²) in [6.07, 6.45) is 4.95. The van der Waals surface area contributed by atoms with Crippen LogP contribution in [0.5, 0.6) is 0 Å². The van der Waals surface area contributed by atoms with Crippen LogP contribution in [0.2, 0.25) is 0 Å². The van der Waals surface area contributed by atoms with Crippen LogP contribution in [0.1, 0.15) is 13.3 Å². The minimum absolute atomic E-state index is 1.04. The second kappa shape index (κ2) is 4.37. The summed E-state index contributed by atoms with van der Waals surface area (Å²) in [5.74, 6) is 0. The van der Waals surface area contributed by atoms with Crippen molar-refractivity contribution < 1.29 is 0 Å². The van der Waals surface area contributed by atoms with E-state index in [1.54, 1.807) is 5.01 Å². The van der Waals surface area contributed by atoms with E-state index in [0.717, 1.165) is 6.42 Å². The Kier molecular flexibility index (Phi) is 3.94. The number of hydrogen-bond acceptors (Lipinski definition) is 2. The summed E-state index contributed by atoms with van der Waals surface area (Å²) in [5.41, 5.74) is 0. The van der Waals surface area contributed by atoms with E-state index in [2.05, 4.69) is 18.7 Å². The molecule has 0 saturated carbocycles. The molecule has 0 spiro atoms. The van der Waals surface area contributed by atoms with Crippen molar-refractivity contribution in [1.29, 1.82) is 0 Å². The lowest BCUT2D eigenvalue weighted by atomic mass is 10.5. The largest absolute Gasteiger partial charge is 0.277 e. The molecule has 0 aliphatic carbocycles. The summed E-state index contributed by atoms with van der Waals surface area (Å²) in [6, 6.07) is 0. The van der Waals surface area contributed by atoms with Crippen LogP contribution < -0.4 is 0 Å². The van der Waals surface area contributed by atoms with E-state index in [0.29, 0.717) is 0 Å². The van der Waals surface area contributed by atoms with E-state index in [-0.39, 0.29) is 0 Å². The molecule has 2 heteroatoms. The Hall–Kier alpha value is -0.790. The van der Waals surface area contributed by atoms with Crippen molar-refractivity contribution in [2.45, 2.75) is 13.3 Å². The van der Waals surface area contributed by atoms with E-state index in [1.165, 1.54) is 0 Å². The maximum atomic E-state index is 3.62. The SMILES string of the molecule is C=NN(C)/C=C\CC. The highest BCUT2D eigenvalue weighted by Gasteiger charge is 1.74. The monoisotopic (exact) mass is 112 g/mol. The number of hydrazone groups is 1. The quantitative estimate of drug-likeness (QED) is 0.398. The van der Waals surface area contributed by atoms with Crippen LogP contribution in [0.15, 0.2) is 17.4 Å². The highest BCUT2D eigenvalue weighted by molar-refractivity contribution is 5.22. The van der Waals surface area contributed by atoms with Crippen molar-refractivity contribution in [2.75, 3.05) is 7.05 Å². The van der Waals surface area contributed by atoms with E-state index in [4.69, 9.17) is 0 Å². The number of rotatable bonds is 3. The Morgan fingerprint density at radius 2 is 2.38 bits per heavy atom. The fourth-order valence-electron chi connectivity index (χ4n) is 0.305. The van der Waals surface area contributed by atoms with E-state index >= 15 is 0 Å². The van der Waals surface area contributed by atoms with Crippen molar-refractivity contribution >= 4 is 6.72 Å². The van der Waals surface area contributed by atoms with Crippen molar-refractivity contribution in [2.24, 2.45) is 5.10 Å². The minimum Gasteiger partial charge on any atom is -0.277 e. The Balaban J connectivity index is 3.35. The number of nitrogens with zero attached hydrogens (tertiary/aromatic N) is 2. The van der Waals surface area contributed by atoms with Crippen molar-refractivity contribution in [3.05, 3.63) is 12.3 Å². The van der Waals surface area contributed by atoms with E-state index < -0.39 is 0 Å². The van der Waals surface area contributed by atoms with Gasteiger partial charge in [0.1, 0.15) is 0 Å². The predicted octanol–water partition coefficient (Wildman–Crippen LogP) is 1.46. The molecular weight excluding hydrogens is 100 g/mol. The number of allylic oxidation sites excluding steroid dienone is 1.